The average molecular weight is 242 g/mol. The fourth-order valence-electron chi connectivity index (χ4n) is 1.24. The Morgan fingerprint density at radius 3 is 2.56 bits per heavy atom. The Labute approximate surface area is 94.6 Å². The molecular formula is C10H14N2O3S. The number of carbonyl (C=O) groups excluding carboxylic acids is 1. The van der Waals surface area contributed by atoms with E-state index in [2.05, 4.69) is 5.32 Å². The van der Waals surface area contributed by atoms with Crippen LogP contribution in [-0.4, -0.2) is 26.3 Å². The van der Waals surface area contributed by atoms with E-state index >= 15 is 0 Å². The monoisotopic (exact) mass is 242 g/mol. The molecule has 16 heavy (non-hydrogen) atoms. The van der Waals surface area contributed by atoms with Crippen molar-refractivity contribution >= 4 is 21.4 Å². The standard InChI is InChI=1S/C10H14N2O3S/c1-16(14,15)7-10(13)12-9-5-3-2-4-8(9)6-11/h2-5H,6-7,11H2,1H3,(H,12,13). The third-order valence-electron chi connectivity index (χ3n) is 1.90. The molecule has 0 bridgehead atoms. The highest BCUT2D eigenvalue weighted by Crippen LogP contribution is 2.13. The lowest BCUT2D eigenvalue weighted by molar-refractivity contribution is -0.113. The third-order valence-corrected chi connectivity index (χ3v) is 2.69. The van der Waals surface area contributed by atoms with Crippen LogP contribution in [0.2, 0.25) is 0 Å². The lowest BCUT2D eigenvalue weighted by Gasteiger charge is -2.08. The van der Waals surface area contributed by atoms with E-state index in [1.54, 1.807) is 24.3 Å². The van der Waals surface area contributed by atoms with Crippen molar-refractivity contribution in [3.8, 4) is 0 Å². The number of benzene rings is 1. The first-order valence-electron chi connectivity index (χ1n) is 4.68. The van der Waals surface area contributed by atoms with Gasteiger partial charge in [0.2, 0.25) is 5.91 Å². The maximum absolute atomic E-state index is 11.4. The van der Waals surface area contributed by atoms with E-state index < -0.39 is 21.5 Å². The van der Waals surface area contributed by atoms with Gasteiger partial charge in [0, 0.05) is 18.5 Å². The summed E-state index contributed by atoms with van der Waals surface area (Å²) in [6.07, 6.45) is 1.02. The summed E-state index contributed by atoms with van der Waals surface area (Å²) in [6.45, 7) is 0.287. The first-order chi connectivity index (χ1) is 7.42. The topological polar surface area (TPSA) is 89.3 Å². The zero-order chi connectivity index (χ0) is 12.2. The molecule has 3 N–H and O–H groups in total. The summed E-state index contributed by atoms with van der Waals surface area (Å²) in [7, 11) is -3.31. The molecule has 1 aromatic rings. The molecular weight excluding hydrogens is 228 g/mol. The number of nitrogens with two attached hydrogens (primary N) is 1. The first kappa shape index (κ1) is 12.7. The predicted molar refractivity (Wildman–Crippen MR) is 62.7 cm³/mol. The zero-order valence-corrected chi connectivity index (χ0v) is 9.75. The summed E-state index contributed by atoms with van der Waals surface area (Å²) in [5.41, 5.74) is 6.81. The van der Waals surface area contributed by atoms with Gasteiger partial charge in [-0.25, -0.2) is 8.42 Å². The molecule has 0 aliphatic carbocycles. The largest absolute Gasteiger partial charge is 0.326 e. The number of hydrogen-bond donors (Lipinski definition) is 2. The second-order valence-corrected chi connectivity index (χ2v) is 5.62. The number of anilines is 1. The molecule has 0 aliphatic rings. The van der Waals surface area contributed by atoms with Gasteiger partial charge in [-0.1, -0.05) is 18.2 Å². The van der Waals surface area contributed by atoms with Gasteiger partial charge in [-0.3, -0.25) is 4.79 Å². The van der Waals surface area contributed by atoms with Gasteiger partial charge in [0.15, 0.2) is 9.84 Å². The maximum atomic E-state index is 11.4. The molecule has 0 radical (unpaired) electrons. The molecule has 6 heteroatoms. The van der Waals surface area contributed by atoms with Crippen molar-refractivity contribution in [3.63, 3.8) is 0 Å². The second kappa shape index (κ2) is 5.09. The highest BCUT2D eigenvalue weighted by atomic mass is 32.2. The number of para-hydroxylation sites is 1. The molecule has 0 saturated heterocycles. The van der Waals surface area contributed by atoms with Gasteiger partial charge in [-0.2, -0.15) is 0 Å². The van der Waals surface area contributed by atoms with Crippen molar-refractivity contribution in [1.82, 2.24) is 0 Å². The van der Waals surface area contributed by atoms with Crippen LogP contribution in [0.5, 0.6) is 0 Å². The minimum absolute atomic E-state index is 0.287. The van der Waals surface area contributed by atoms with Gasteiger partial charge in [0.1, 0.15) is 5.75 Å². The van der Waals surface area contributed by atoms with Crippen LogP contribution in [0, 0.1) is 0 Å². The molecule has 1 aromatic carbocycles. The minimum atomic E-state index is -3.31. The molecule has 0 aliphatic heterocycles. The number of hydrogen-bond acceptors (Lipinski definition) is 4. The van der Waals surface area contributed by atoms with Crippen molar-refractivity contribution in [2.45, 2.75) is 6.54 Å². The van der Waals surface area contributed by atoms with Crippen LogP contribution in [-0.2, 0) is 21.2 Å². The van der Waals surface area contributed by atoms with E-state index in [1.807, 2.05) is 0 Å². The van der Waals surface area contributed by atoms with Crippen molar-refractivity contribution in [3.05, 3.63) is 29.8 Å². The summed E-state index contributed by atoms with van der Waals surface area (Å²) in [5, 5.41) is 2.52. The summed E-state index contributed by atoms with van der Waals surface area (Å²) in [6, 6.07) is 7.00. The smallest absolute Gasteiger partial charge is 0.239 e. The molecule has 1 amide bonds. The normalized spacial score (nSPS) is 11.1. The highest BCUT2D eigenvalue weighted by molar-refractivity contribution is 7.91. The Bertz CT molecular complexity index is 483. The summed E-state index contributed by atoms with van der Waals surface area (Å²) < 4.78 is 21.8. The van der Waals surface area contributed by atoms with E-state index in [0.717, 1.165) is 11.8 Å². The number of nitrogens with one attached hydrogen (secondary N) is 1. The van der Waals surface area contributed by atoms with Crippen molar-refractivity contribution < 1.29 is 13.2 Å². The van der Waals surface area contributed by atoms with E-state index in [0.29, 0.717) is 5.69 Å². The molecule has 0 saturated carbocycles. The third kappa shape index (κ3) is 4.00. The quantitative estimate of drug-likeness (QED) is 0.785. The molecule has 5 nitrogen and oxygen atoms in total. The molecule has 88 valence electrons. The van der Waals surface area contributed by atoms with Crippen molar-refractivity contribution in [1.29, 1.82) is 0 Å². The summed E-state index contributed by atoms with van der Waals surface area (Å²) in [4.78, 5) is 11.4. The van der Waals surface area contributed by atoms with E-state index in [4.69, 9.17) is 5.73 Å². The number of sulfone groups is 1. The van der Waals surface area contributed by atoms with Crippen LogP contribution in [0.3, 0.4) is 0 Å². The van der Waals surface area contributed by atoms with Crippen LogP contribution in [0.4, 0.5) is 5.69 Å². The number of rotatable bonds is 4. The fourth-order valence-corrected chi connectivity index (χ4v) is 1.79. The van der Waals surface area contributed by atoms with E-state index in [1.165, 1.54) is 0 Å². The van der Waals surface area contributed by atoms with Gasteiger partial charge < -0.3 is 11.1 Å². The van der Waals surface area contributed by atoms with Gasteiger partial charge in [-0.05, 0) is 11.6 Å². The van der Waals surface area contributed by atoms with E-state index in [9.17, 15) is 13.2 Å². The van der Waals surface area contributed by atoms with Crippen LogP contribution < -0.4 is 11.1 Å². The molecule has 0 atom stereocenters. The van der Waals surface area contributed by atoms with Crippen LogP contribution in [0.1, 0.15) is 5.56 Å². The number of amides is 1. The van der Waals surface area contributed by atoms with E-state index in [-0.39, 0.29) is 6.54 Å². The Hall–Kier alpha value is -1.40. The molecule has 0 unspecified atom stereocenters. The number of carbonyl (C=O) groups is 1. The highest BCUT2D eigenvalue weighted by Gasteiger charge is 2.11. The Balaban J connectivity index is 2.77. The summed E-state index contributed by atoms with van der Waals surface area (Å²) >= 11 is 0. The van der Waals surface area contributed by atoms with Gasteiger partial charge in [-0.15, -0.1) is 0 Å². The summed E-state index contributed by atoms with van der Waals surface area (Å²) in [5.74, 6) is -1.07. The SMILES string of the molecule is CS(=O)(=O)CC(=O)Nc1ccccc1CN. The maximum Gasteiger partial charge on any atom is 0.239 e. The lowest BCUT2D eigenvalue weighted by atomic mass is 10.2. The Morgan fingerprint density at radius 1 is 1.38 bits per heavy atom. The van der Waals surface area contributed by atoms with Gasteiger partial charge >= 0.3 is 0 Å². The predicted octanol–water partition coefficient (Wildman–Crippen LogP) is 0.128. The second-order valence-electron chi connectivity index (χ2n) is 3.48. The Morgan fingerprint density at radius 2 is 2.00 bits per heavy atom. The fraction of sp³-hybridized carbons (Fsp3) is 0.300. The van der Waals surface area contributed by atoms with Crippen LogP contribution in [0.25, 0.3) is 0 Å². The first-order valence-corrected chi connectivity index (χ1v) is 6.74. The molecule has 1 rings (SSSR count). The van der Waals surface area contributed by atoms with Gasteiger partial charge in [0.05, 0.1) is 0 Å². The van der Waals surface area contributed by atoms with Crippen molar-refractivity contribution in [2.24, 2.45) is 5.73 Å². The Kier molecular flexibility index (Phi) is 4.03. The van der Waals surface area contributed by atoms with Crippen LogP contribution >= 0.6 is 0 Å². The molecule has 0 spiro atoms. The minimum Gasteiger partial charge on any atom is -0.326 e. The zero-order valence-electron chi connectivity index (χ0n) is 8.93. The molecule has 0 fully saturated rings. The van der Waals surface area contributed by atoms with Crippen LogP contribution in [0.15, 0.2) is 24.3 Å². The molecule has 0 heterocycles. The average Bonchev–Trinajstić information content (AvgIpc) is 2.15. The molecule has 0 aromatic heterocycles. The van der Waals surface area contributed by atoms with Gasteiger partial charge in [0.25, 0.3) is 0 Å². The lowest BCUT2D eigenvalue weighted by Crippen LogP contribution is -2.22. The van der Waals surface area contributed by atoms with Crippen molar-refractivity contribution in [2.75, 3.05) is 17.3 Å².